The molecule has 1 fully saturated rings. The number of likely N-dealkylation sites (N-methyl/N-ethyl adjacent to an activating group) is 1. The second-order valence-corrected chi connectivity index (χ2v) is 6.26. The van der Waals surface area contributed by atoms with Crippen molar-refractivity contribution >= 4 is 0 Å². The first-order chi connectivity index (χ1) is 7.91. The lowest BCUT2D eigenvalue weighted by molar-refractivity contribution is 0.215. The number of nitrogens with zero attached hydrogens (tertiary/aromatic N) is 2. The van der Waals surface area contributed by atoms with Crippen molar-refractivity contribution in [2.24, 2.45) is 5.92 Å². The molecule has 0 spiro atoms. The predicted octanol–water partition coefficient (Wildman–Crippen LogP) is 1.64. The Balaban J connectivity index is 2.31. The quantitative estimate of drug-likeness (QED) is 0.763. The van der Waals surface area contributed by atoms with Crippen molar-refractivity contribution in [2.45, 2.75) is 52.2 Å². The minimum absolute atomic E-state index is 0.642. The van der Waals surface area contributed by atoms with Crippen molar-refractivity contribution in [3.8, 4) is 0 Å². The molecule has 0 aromatic carbocycles. The van der Waals surface area contributed by atoms with E-state index in [4.69, 9.17) is 0 Å². The smallest absolute Gasteiger partial charge is 0.0237 e. The van der Waals surface area contributed by atoms with Gasteiger partial charge >= 0.3 is 0 Å². The summed E-state index contributed by atoms with van der Waals surface area (Å²) in [6, 6.07) is 2.03. The summed E-state index contributed by atoms with van der Waals surface area (Å²) in [7, 11) is 4.36. The molecule has 2 unspecified atom stereocenters. The van der Waals surface area contributed by atoms with Gasteiger partial charge in [0.2, 0.25) is 0 Å². The zero-order valence-corrected chi connectivity index (χ0v) is 12.5. The molecule has 1 N–H and O–H groups in total. The first-order valence-electron chi connectivity index (χ1n) is 7.05. The van der Waals surface area contributed by atoms with Crippen molar-refractivity contribution in [1.29, 1.82) is 0 Å². The van der Waals surface area contributed by atoms with Crippen LogP contribution in [0.5, 0.6) is 0 Å². The highest BCUT2D eigenvalue weighted by Crippen LogP contribution is 2.13. The Morgan fingerprint density at radius 3 is 2.29 bits per heavy atom. The number of hydrogen-bond donors (Lipinski definition) is 1. The number of rotatable bonds is 6. The maximum absolute atomic E-state index is 3.75. The van der Waals surface area contributed by atoms with Crippen LogP contribution in [0.25, 0.3) is 0 Å². The highest BCUT2D eigenvalue weighted by atomic mass is 15.2. The van der Waals surface area contributed by atoms with E-state index in [9.17, 15) is 0 Å². The van der Waals surface area contributed by atoms with Crippen molar-refractivity contribution in [1.82, 2.24) is 15.1 Å². The third kappa shape index (κ3) is 4.57. The lowest BCUT2D eigenvalue weighted by atomic mass is 10.0. The molecule has 0 aromatic heterocycles. The van der Waals surface area contributed by atoms with E-state index in [1.165, 1.54) is 19.5 Å². The van der Waals surface area contributed by atoms with Crippen LogP contribution in [0.15, 0.2) is 0 Å². The lowest BCUT2D eigenvalue weighted by Crippen LogP contribution is -2.45. The molecule has 3 heteroatoms. The molecular formula is C14H31N3. The summed E-state index contributed by atoms with van der Waals surface area (Å²) in [5.41, 5.74) is 0. The van der Waals surface area contributed by atoms with Gasteiger partial charge < -0.3 is 10.2 Å². The van der Waals surface area contributed by atoms with Crippen LogP contribution in [-0.4, -0.2) is 61.7 Å². The Hall–Kier alpha value is -0.120. The highest BCUT2D eigenvalue weighted by molar-refractivity contribution is 4.84. The second-order valence-electron chi connectivity index (χ2n) is 6.26. The average Bonchev–Trinajstić information content (AvgIpc) is 2.65. The fraction of sp³-hybridized carbons (Fsp3) is 1.00. The van der Waals surface area contributed by atoms with Crippen LogP contribution in [0.3, 0.4) is 0 Å². The van der Waals surface area contributed by atoms with E-state index in [-0.39, 0.29) is 0 Å². The van der Waals surface area contributed by atoms with Gasteiger partial charge in [0.15, 0.2) is 0 Å². The number of hydrogen-bond acceptors (Lipinski definition) is 3. The molecule has 0 saturated carbocycles. The monoisotopic (exact) mass is 241 g/mol. The zero-order valence-electron chi connectivity index (χ0n) is 12.5. The Kier molecular flexibility index (Phi) is 5.90. The Bertz CT molecular complexity index is 206. The molecule has 102 valence electrons. The van der Waals surface area contributed by atoms with Gasteiger partial charge in [0.25, 0.3) is 0 Å². The van der Waals surface area contributed by atoms with E-state index in [0.29, 0.717) is 24.0 Å². The summed E-state index contributed by atoms with van der Waals surface area (Å²) in [4.78, 5) is 4.91. The van der Waals surface area contributed by atoms with Gasteiger partial charge in [-0.2, -0.15) is 0 Å². The minimum Gasteiger partial charge on any atom is -0.311 e. The molecule has 17 heavy (non-hydrogen) atoms. The van der Waals surface area contributed by atoms with Crippen LogP contribution < -0.4 is 5.32 Å². The van der Waals surface area contributed by atoms with E-state index in [1.54, 1.807) is 0 Å². The third-order valence-electron chi connectivity index (χ3n) is 4.00. The summed E-state index contributed by atoms with van der Waals surface area (Å²) in [6.45, 7) is 12.8. The van der Waals surface area contributed by atoms with Crippen LogP contribution >= 0.6 is 0 Å². The maximum atomic E-state index is 3.75. The molecule has 1 heterocycles. The minimum atomic E-state index is 0.642. The van der Waals surface area contributed by atoms with Gasteiger partial charge in [-0.1, -0.05) is 13.8 Å². The van der Waals surface area contributed by atoms with E-state index >= 15 is 0 Å². The van der Waals surface area contributed by atoms with Crippen LogP contribution in [0.1, 0.15) is 34.1 Å². The number of likely N-dealkylation sites (tertiary alicyclic amines) is 1. The van der Waals surface area contributed by atoms with Crippen molar-refractivity contribution in [3.05, 3.63) is 0 Å². The van der Waals surface area contributed by atoms with E-state index < -0.39 is 0 Å². The average molecular weight is 241 g/mol. The highest BCUT2D eigenvalue weighted by Gasteiger charge is 2.25. The molecule has 0 amide bonds. The Labute approximate surface area is 108 Å². The van der Waals surface area contributed by atoms with Gasteiger partial charge in [0.1, 0.15) is 0 Å². The molecule has 0 aliphatic carbocycles. The molecule has 0 aromatic rings. The molecule has 1 rings (SSSR count). The van der Waals surface area contributed by atoms with Crippen molar-refractivity contribution in [2.75, 3.05) is 33.7 Å². The second kappa shape index (κ2) is 6.72. The summed E-state index contributed by atoms with van der Waals surface area (Å²) in [6.07, 6.45) is 1.30. The first-order valence-corrected chi connectivity index (χ1v) is 7.05. The molecular weight excluding hydrogens is 210 g/mol. The van der Waals surface area contributed by atoms with E-state index in [2.05, 4.69) is 56.9 Å². The molecule has 2 atom stereocenters. The SMILES string of the molecule is CC(C)C(CNC1CCN(C(C)C)C1)N(C)C. The maximum Gasteiger partial charge on any atom is 0.0237 e. The first kappa shape index (κ1) is 14.9. The number of nitrogens with one attached hydrogen (secondary N) is 1. The lowest BCUT2D eigenvalue weighted by Gasteiger charge is -2.29. The normalized spacial score (nSPS) is 24.2. The van der Waals surface area contributed by atoms with Gasteiger partial charge in [0.05, 0.1) is 0 Å². The topological polar surface area (TPSA) is 18.5 Å². The largest absolute Gasteiger partial charge is 0.311 e. The Morgan fingerprint density at radius 1 is 1.24 bits per heavy atom. The molecule has 1 aliphatic heterocycles. The van der Waals surface area contributed by atoms with Gasteiger partial charge in [-0.3, -0.25) is 4.90 Å². The predicted molar refractivity (Wildman–Crippen MR) is 75.4 cm³/mol. The van der Waals surface area contributed by atoms with Crippen molar-refractivity contribution in [3.63, 3.8) is 0 Å². The van der Waals surface area contributed by atoms with E-state index in [1.807, 2.05) is 0 Å². The van der Waals surface area contributed by atoms with Gasteiger partial charge in [-0.05, 0) is 46.8 Å². The zero-order chi connectivity index (χ0) is 13.0. The molecule has 0 radical (unpaired) electrons. The Morgan fingerprint density at radius 2 is 1.88 bits per heavy atom. The van der Waals surface area contributed by atoms with E-state index in [0.717, 1.165) is 6.54 Å². The van der Waals surface area contributed by atoms with Crippen molar-refractivity contribution < 1.29 is 0 Å². The summed E-state index contributed by atoms with van der Waals surface area (Å²) >= 11 is 0. The van der Waals surface area contributed by atoms with Gasteiger partial charge in [-0.25, -0.2) is 0 Å². The fourth-order valence-electron chi connectivity index (χ4n) is 2.72. The van der Waals surface area contributed by atoms with Crippen LogP contribution in [0.2, 0.25) is 0 Å². The fourth-order valence-corrected chi connectivity index (χ4v) is 2.72. The standard InChI is InChI=1S/C14H31N3/c1-11(2)14(16(5)6)9-15-13-7-8-17(10-13)12(3)4/h11-15H,7-10H2,1-6H3. The summed E-state index contributed by atoms with van der Waals surface area (Å²) in [5, 5.41) is 3.75. The van der Waals surface area contributed by atoms with Gasteiger partial charge in [-0.15, -0.1) is 0 Å². The molecule has 1 aliphatic rings. The van der Waals surface area contributed by atoms with Gasteiger partial charge in [0, 0.05) is 31.2 Å². The molecule has 0 bridgehead atoms. The molecule has 3 nitrogen and oxygen atoms in total. The van der Waals surface area contributed by atoms with Crippen LogP contribution in [0.4, 0.5) is 0 Å². The van der Waals surface area contributed by atoms with Crippen LogP contribution in [0, 0.1) is 5.92 Å². The van der Waals surface area contributed by atoms with Crippen LogP contribution in [-0.2, 0) is 0 Å². The third-order valence-corrected chi connectivity index (χ3v) is 4.00. The summed E-state index contributed by atoms with van der Waals surface area (Å²) < 4.78 is 0. The molecule has 1 saturated heterocycles. The summed E-state index contributed by atoms with van der Waals surface area (Å²) in [5.74, 6) is 0.708.